The minimum Gasteiger partial charge on any atom is -0.390 e. The van der Waals surface area contributed by atoms with Crippen molar-refractivity contribution in [1.82, 2.24) is 10.2 Å². The van der Waals surface area contributed by atoms with E-state index < -0.39 is 0 Å². The smallest absolute Gasteiger partial charge is 0.0896 e. The molecule has 0 fully saturated rings. The summed E-state index contributed by atoms with van der Waals surface area (Å²) in [6.45, 7) is -0.0403. The minimum absolute atomic E-state index is 0.0403. The van der Waals surface area contributed by atoms with Crippen LogP contribution in [0.5, 0.6) is 0 Å². The van der Waals surface area contributed by atoms with Crippen molar-refractivity contribution in [3.8, 4) is 0 Å². The SMILES string of the molecule is CSc1cnnc(CO)c1. The number of nitrogens with zero attached hydrogens (tertiary/aromatic N) is 2. The van der Waals surface area contributed by atoms with Gasteiger partial charge in [-0.3, -0.25) is 0 Å². The maximum atomic E-state index is 8.65. The molecule has 0 atom stereocenters. The van der Waals surface area contributed by atoms with Crippen LogP contribution in [0.25, 0.3) is 0 Å². The van der Waals surface area contributed by atoms with E-state index >= 15 is 0 Å². The highest BCUT2D eigenvalue weighted by molar-refractivity contribution is 7.98. The zero-order valence-electron chi connectivity index (χ0n) is 5.61. The van der Waals surface area contributed by atoms with Crippen molar-refractivity contribution in [2.75, 3.05) is 6.26 Å². The van der Waals surface area contributed by atoms with Crippen LogP contribution in [0.3, 0.4) is 0 Å². The van der Waals surface area contributed by atoms with Gasteiger partial charge in [-0.2, -0.15) is 10.2 Å². The van der Waals surface area contributed by atoms with Gasteiger partial charge in [0.25, 0.3) is 0 Å². The van der Waals surface area contributed by atoms with Gasteiger partial charge in [0.15, 0.2) is 0 Å². The van der Waals surface area contributed by atoms with Crippen molar-refractivity contribution >= 4 is 11.8 Å². The van der Waals surface area contributed by atoms with Crippen molar-refractivity contribution in [1.29, 1.82) is 0 Å². The van der Waals surface area contributed by atoms with Crippen LogP contribution in [0.4, 0.5) is 0 Å². The second-order valence-electron chi connectivity index (χ2n) is 1.74. The third kappa shape index (κ3) is 1.68. The Balaban J connectivity index is 2.87. The summed E-state index contributed by atoms with van der Waals surface area (Å²) < 4.78 is 0. The molecule has 1 aromatic heterocycles. The summed E-state index contributed by atoms with van der Waals surface area (Å²) in [6, 6.07) is 1.82. The molecule has 0 aliphatic rings. The number of hydrogen-bond acceptors (Lipinski definition) is 4. The predicted molar refractivity (Wildman–Crippen MR) is 39.7 cm³/mol. The van der Waals surface area contributed by atoms with E-state index in [0.717, 1.165) is 4.90 Å². The summed E-state index contributed by atoms with van der Waals surface area (Å²) in [5.41, 5.74) is 0.617. The highest BCUT2D eigenvalue weighted by Gasteiger charge is 1.93. The summed E-state index contributed by atoms with van der Waals surface area (Å²) >= 11 is 1.58. The molecule has 0 aliphatic carbocycles. The van der Waals surface area contributed by atoms with Gasteiger partial charge in [0.1, 0.15) is 0 Å². The van der Waals surface area contributed by atoms with Gasteiger partial charge in [0.05, 0.1) is 18.5 Å². The molecule has 0 unspecified atom stereocenters. The largest absolute Gasteiger partial charge is 0.390 e. The lowest BCUT2D eigenvalue weighted by atomic mass is 10.4. The summed E-state index contributed by atoms with van der Waals surface area (Å²) in [6.07, 6.45) is 3.63. The Hall–Kier alpha value is -0.610. The van der Waals surface area contributed by atoms with Gasteiger partial charge in [0.2, 0.25) is 0 Å². The van der Waals surface area contributed by atoms with E-state index in [4.69, 9.17) is 5.11 Å². The first-order valence-corrected chi connectivity index (χ1v) is 4.05. The molecular formula is C6H8N2OS. The number of aliphatic hydroxyl groups is 1. The van der Waals surface area contributed by atoms with Crippen LogP contribution in [0.1, 0.15) is 5.69 Å². The molecule has 0 amide bonds. The lowest BCUT2D eigenvalue weighted by molar-refractivity contribution is 0.275. The molecule has 3 nitrogen and oxygen atoms in total. The molecule has 1 rings (SSSR count). The summed E-state index contributed by atoms with van der Waals surface area (Å²) in [5.74, 6) is 0. The van der Waals surface area contributed by atoms with E-state index in [2.05, 4.69) is 10.2 Å². The number of thioether (sulfide) groups is 1. The number of aromatic nitrogens is 2. The second kappa shape index (κ2) is 3.53. The van der Waals surface area contributed by atoms with Crippen LogP contribution in [-0.4, -0.2) is 21.6 Å². The molecule has 1 heterocycles. The Morgan fingerprint density at radius 2 is 2.50 bits per heavy atom. The van der Waals surface area contributed by atoms with Gasteiger partial charge in [-0.1, -0.05) is 0 Å². The lowest BCUT2D eigenvalue weighted by Crippen LogP contribution is -1.91. The Morgan fingerprint density at radius 1 is 1.70 bits per heavy atom. The first-order valence-electron chi connectivity index (χ1n) is 2.83. The van der Waals surface area contributed by atoms with Crippen LogP contribution in [-0.2, 0) is 6.61 Å². The van der Waals surface area contributed by atoms with Crippen LogP contribution in [0.2, 0.25) is 0 Å². The van der Waals surface area contributed by atoms with Crippen molar-refractivity contribution in [3.05, 3.63) is 18.0 Å². The topological polar surface area (TPSA) is 46.0 Å². The van der Waals surface area contributed by atoms with Gasteiger partial charge >= 0.3 is 0 Å². The van der Waals surface area contributed by atoms with Crippen molar-refractivity contribution < 1.29 is 5.11 Å². The molecule has 0 saturated carbocycles. The van der Waals surface area contributed by atoms with Gasteiger partial charge in [-0.25, -0.2) is 0 Å². The average molecular weight is 156 g/mol. The molecule has 10 heavy (non-hydrogen) atoms. The molecule has 54 valence electrons. The molecule has 0 aromatic carbocycles. The van der Waals surface area contributed by atoms with Gasteiger partial charge in [0, 0.05) is 4.90 Å². The van der Waals surface area contributed by atoms with Crippen LogP contribution >= 0.6 is 11.8 Å². The van der Waals surface area contributed by atoms with Crippen LogP contribution in [0, 0.1) is 0 Å². The van der Waals surface area contributed by atoms with Crippen molar-refractivity contribution in [2.24, 2.45) is 0 Å². The molecule has 0 saturated heterocycles. The zero-order valence-corrected chi connectivity index (χ0v) is 6.43. The maximum Gasteiger partial charge on any atom is 0.0896 e. The normalized spacial score (nSPS) is 9.80. The Bertz CT molecular complexity index is 197. The Labute approximate surface area is 63.5 Å². The first kappa shape index (κ1) is 7.50. The van der Waals surface area contributed by atoms with E-state index in [1.165, 1.54) is 0 Å². The number of rotatable bonds is 2. The predicted octanol–water partition coefficient (Wildman–Crippen LogP) is 0.691. The summed E-state index contributed by atoms with van der Waals surface area (Å²) in [4.78, 5) is 1.03. The van der Waals surface area contributed by atoms with Crippen molar-refractivity contribution in [3.63, 3.8) is 0 Å². The fourth-order valence-corrected chi connectivity index (χ4v) is 0.986. The lowest BCUT2D eigenvalue weighted by Gasteiger charge is -1.95. The van der Waals surface area contributed by atoms with E-state index in [-0.39, 0.29) is 6.61 Å². The fourth-order valence-electron chi connectivity index (χ4n) is 0.579. The molecule has 1 aromatic rings. The standard InChI is InChI=1S/C6H8N2OS/c1-10-6-2-5(4-9)8-7-3-6/h2-3,9H,4H2,1H3. The molecular weight excluding hydrogens is 148 g/mol. The van der Waals surface area contributed by atoms with Gasteiger partial charge in [-0.15, -0.1) is 11.8 Å². The number of aliphatic hydroxyl groups excluding tert-OH is 1. The molecule has 0 aliphatic heterocycles. The van der Waals surface area contributed by atoms with E-state index in [1.54, 1.807) is 18.0 Å². The quantitative estimate of drug-likeness (QED) is 0.640. The van der Waals surface area contributed by atoms with E-state index in [1.807, 2.05) is 12.3 Å². The van der Waals surface area contributed by atoms with E-state index in [0.29, 0.717) is 5.69 Å². The monoisotopic (exact) mass is 156 g/mol. The first-order chi connectivity index (χ1) is 4.86. The maximum absolute atomic E-state index is 8.65. The molecule has 4 heteroatoms. The summed E-state index contributed by atoms with van der Waals surface area (Å²) in [7, 11) is 0. The molecule has 1 N–H and O–H groups in total. The molecule has 0 radical (unpaired) electrons. The molecule has 0 spiro atoms. The number of hydrogen-bond donors (Lipinski definition) is 1. The minimum atomic E-state index is -0.0403. The van der Waals surface area contributed by atoms with E-state index in [9.17, 15) is 0 Å². The fraction of sp³-hybridized carbons (Fsp3) is 0.333. The van der Waals surface area contributed by atoms with Crippen LogP contribution < -0.4 is 0 Å². The highest BCUT2D eigenvalue weighted by Crippen LogP contribution is 2.12. The average Bonchev–Trinajstić information content (AvgIpc) is 2.05. The third-order valence-corrected chi connectivity index (χ3v) is 1.77. The molecule has 0 bridgehead atoms. The zero-order chi connectivity index (χ0) is 7.40. The Kier molecular flexibility index (Phi) is 2.65. The second-order valence-corrected chi connectivity index (χ2v) is 2.62. The van der Waals surface area contributed by atoms with Gasteiger partial charge in [-0.05, 0) is 12.3 Å². The Morgan fingerprint density at radius 3 is 3.10 bits per heavy atom. The highest BCUT2D eigenvalue weighted by atomic mass is 32.2. The third-order valence-electron chi connectivity index (χ3n) is 1.08. The van der Waals surface area contributed by atoms with Gasteiger partial charge < -0.3 is 5.11 Å². The van der Waals surface area contributed by atoms with Crippen LogP contribution in [0.15, 0.2) is 17.2 Å². The van der Waals surface area contributed by atoms with Crippen molar-refractivity contribution in [2.45, 2.75) is 11.5 Å². The summed E-state index contributed by atoms with van der Waals surface area (Å²) in [5, 5.41) is 16.0.